The van der Waals surface area contributed by atoms with E-state index in [0.29, 0.717) is 11.5 Å². The van der Waals surface area contributed by atoms with E-state index in [1.54, 1.807) is 11.3 Å². The summed E-state index contributed by atoms with van der Waals surface area (Å²) in [4.78, 5) is 7.19. The van der Waals surface area contributed by atoms with E-state index in [-0.39, 0.29) is 0 Å². The van der Waals surface area contributed by atoms with E-state index in [9.17, 15) is 0 Å². The van der Waals surface area contributed by atoms with E-state index >= 15 is 0 Å². The van der Waals surface area contributed by atoms with E-state index in [0.717, 1.165) is 18.6 Å². The number of hydrogen-bond acceptors (Lipinski definition) is 5. The number of rotatable bonds is 5. The van der Waals surface area contributed by atoms with Gasteiger partial charge >= 0.3 is 0 Å². The zero-order valence-corrected chi connectivity index (χ0v) is 15.1. The van der Waals surface area contributed by atoms with Gasteiger partial charge in [-0.05, 0) is 49.4 Å². The fourth-order valence-electron chi connectivity index (χ4n) is 4.40. The van der Waals surface area contributed by atoms with E-state index in [1.165, 1.54) is 48.3 Å². The van der Waals surface area contributed by atoms with Crippen molar-refractivity contribution in [1.29, 1.82) is 0 Å². The molecule has 1 aliphatic heterocycles. The first-order chi connectivity index (χ1) is 12.3. The highest BCUT2D eigenvalue weighted by atomic mass is 32.1. The zero-order chi connectivity index (χ0) is 16.7. The first-order valence-corrected chi connectivity index (χ1v) is 9.96. The van der Waals surface area contributed by atoms with Crippen LogP contribution in [-0.4, -0.2) is 39.2 Å². The number of piperidine rings is 1. The average molecular weight is 353 g/mol. The number of H-pyrrole nitrogens is 1. The number of nitrogens with zero attached hydrogens (tertiary/aromatic N) is 3. The Morgan fingerprint density at radius 2 is 2.16 bits per heavy atom. The molecule has 2 aliphatic rings. The molecule has 6 heteroatoms. The van der Waals surface area contributed by atoms with Crippen molar-refractivity contribution in [2.45, 2.75) is 38.4 Å². The lowest BCUT2D eigenvalue weighted by Gasteiger charge is -2.29. The third kappa shape index (κ3) is 2.99. The highest BCUT2D eigenvalue weighted by Gasteiger charge is 2.56. The molecule has 1 atom stereocenters. The second-order valence-corrected chi connectivity index (χ2v) is 8.43. The highest BCUT2D eigenvalue weighted by molar-refractivity contribution is 7.09. The zero-order valence-electron chi connectivity index (χ0n) is 14.2. The molecule has 1 aromatic carbocycles. The number of hydrogen-bond donors (Lipinski definition) is 2. The minimum absolute atomic E-state index is 0.542. The van der Waals surface area contributed by atoms with Gasteiger partial charge in [-0.1, -0.05) is 12.1 Å². The SMILES string of the molecule is c1csc(CN(Cc2ccc3cn[nH]c3c2)[C@H]2CC23CCNCC3)n1. The molecule has 0 amide bonds. The summed E-state index contributed by atoms with van der Waals surface area (Å²) in [6.07, 6.45) is 7.77. The van der Waals surface area contributed by atoms with Gasteiger partial charge in [0.05, 0.1) is 18.3 Å². The molecule has 3 heterocycles. The van der Waals surface area contributed by atoms with Crippen LogP contribution in [0.3, 0.4) is 0 Å². The second kappa shape index (κ2) is 6.20. The van der Waals surface area contributed by atoms with Gasteiger partial charge in [-0.15, -0.1) is 11.3 Å². The summed E-state index contributed by atoms with van der Waals surface area (Å²) in [5, 5.41) is 15.2. The molecule has 0 unspecified atom stereocenters. The Labute approximate surface area is 151 Å². The van der Waals surface area contributed by atoms with Crippen LogP contribution >= 0.6 is 11.3 Å². The predicted octanol–water partition coefficient (Wildman–Crippen LogP) is 3.16. The molecule has 1 saturated carbocycles. The largest absolute Gasteiger partial charge is 0.317 e. The lowest BCUT2D eigenvalue weighted by molar-refractivity contribution is 0.188. The number of benzene rings is 1. The van der Waals surface area contributed by atoms with Crippen LogP contribution in [0.4, 0.5) is 0 Å². The van der Waals surface area contributed by atoms with Gasteiger partial charge in [0.25, 0.3) is 0 Å². The molecule has 0 bridgehead atoms. The van der Waals surface area contributed by atoms with Crippen molar-refractivity contribution < 1.29 is 0 Å². The van der Waals surface area contributed by atoms with Crippen LogP contribution in [-0.2, 0) is 13.1 Å². The predicted molar refractivity (Wildman–Crippen MR) is 100 cm³/mol. The topological polar surface area (TPSA) is 56.8 Å². The highest BCUT2D eigenvalue weighted by Crippen LogP contribution is 2.56. The van der Waals surface area contributed by atoms with Crippen LogP contribution in [0.25, 0.3) is 10.9 Å². The second-order valence-electron chi connectivity index (χ2n) is 7.45. The first kappa shape index (κ1) is 15.5. The van der Waals surface area contributed by atoms with Gasteiger partial charge in [-0.25, -0.2) is 4.98 Å². The Kier molecular flexibility index (Phi) is 3.84. The van der Waals surface area contributed by atoms with Gasteiger partial charge in [-0.3, -0.25) is 10.00 Å². The summed E-state index contributed by atoms with van der Waals surface area (Å²) in [6.45, 7) is 4.27. The van der Waals surface area contributed by atoms with Crippen molar-refractivity contribution in [2.24, 2.45) is 5.41 Å². The molecule has 2 N–H and O–H groups in total. The molecule has 1 aliphatic carbocycles. The van der Waals surface area contributed by atoms with Gasteiger partial charge in [-0.2, -0.15) is 5.10 Å². The summed E-state index contributed by atoms with van der Waals surface area (Å²) in [5.74, 6) is 0. The standard InChI is InChI=1S/C19H23N5S/c1-2-15-11-22-23-16(15)9-14(1)12-24(13-18-21-7-8-25-18)17-10-19(17)3-5-20-6-4-19/h1-2,7-9,11,17,20H,3-6,10,12-13H2,(H,22,23)/t17-/m0/s1. The third-order valence-electron chi connectivity index (χ3n) is 5.90. The van der Waals surface area contributed by atoms with Crippen molar-refractivity contribution in [3.05, 3.63) is 46.5 Å². The Morgan fingerprint density at radius 1 is 1.24 bits per heavy atom. The lowest BCUT2D eigenvalue weighted by atomic mass is 9.93. The van der Waals surface area contributed by atoms with Crippen LogP contribution in [0.2, 0.25) is 0 Å². The summed E-state index contributed by atoms with van der Waals surface area (Å²) in [7, 11) is 0. The lowest BCUT2D eigenvalue weighted by Crippen LogP contribution is -2.35. The summed E-state index contributed by atoms with van der Waals surface area (Å²) in [5.41, 5.74) is 3.02. The van der Waals surface area contributed by atoms with E-state index < -0.39 is 0 Å². The van der Waals surface area contributed by atoms with E-state index in [1.807, 2.05) is 12.4 Å². The summed E-state index contributed by atoms with van der Waals surface area (Å²) >= 11 is 1.76. The average Bonchev–Trinajstić information content (AvgIpc) is 3.01. The van der Waals surface area contributed by atoms with Gasteiger partial charge in [0.2, 0.25) is 0 Å². The molecule has 3 aromatic rings. The van der Waals surface area contributed by atoms with Crippen molar-refractivity contribution in [3.63, 3.8) is 0 Å². The van der Waals surface area contributed by atoms with Gasteiger partial charge in [0.1, 0.15) is 5.01 Å². The molecule has 25 heavy (non-hydrogen) atoms. The fourth-order valence-corrected chi connectivity index (χ4v) is 5.04. The van der Waals surface area contributed by atoms with Gasteiger partial charge in [0, 0.05) is 29.5 Å². The molecule has 1 spiro atoms. The monoisotopic (exact) mass is 353 g/mol. The van der Waals surface area contributed by atoms with Crippen molar-refractivity contribution >= 4 is 22.2 Å². The number of aromatic nitrogens is 3. The normalized spacial score (nSPS) is 22.0. The van der Waals surface area contributed by atoms with Crippen molar-refractivity contribution in [2.75, 3.05) is 13.1 Å². The number of thiazole rings is 1. The number of nitrogens with one attached hydrogen (secondary N) is 2. The quantitative estimate of drug-likeness (QED) is 0.740. The molecular formula is C19H23N5S. The van der Waals surface area contributed by atoms with Crippen LogP contribution in [0, 0.1) is 5.41 Å². The molecule has 2 fully saturated rings. The molecular weight excluding hydrogens is 330 g/mol. The first-order valence-electron chi connectivity index (χ1n) is 9.08. The Morgan fingerprint density at radius 3 is 3.00 bits per heavy atom. The minimum atomic E-state index is 0.542. The molecule has 130 valence electrons. The van der Waals surface area contributed by atoms with Gasteiger partial charge in [0.15, 0.2) is 0 Å². The number of aromatic amines is 1. The van der Waals surface area contributed by atoms with Crippen LogP contribution < -0.4 is 5.32 Å². The molecule has 5 nitrogen and oxygen atoms in total. The number of fused-ring (bicyclic) bond motifs is 1. The van der Waals surface area contributed by atoms with E-state index in [4.69, 9.17) is 0 Å². The molecule has 5 rings (SSSR count). The van der Waals surface area contributed by atoms with E-state index in [2.05, 4.69) is 49.0 Å². The maximum atomic E-state index is 4.53. The molecule has 2 aromatic heterocycles. The smallest absolute Gasteiger partial charge is 0.107 e. The van der Waals surface area contributed by atoms with Crippen molar-refractivity contribution in [1.82, 2.24) is 25.4 Å². The third-order valence-corrected chi connectivity index (χ3v) is 6.66. The molecule has 0 radical (unpaired) electrons. The Hall–Kier alpha value is -1.76. The van der Waals surface area contributed by atoms with Crippen LogP contribution in [0.1, 0.15) is 29.8 Å². The maximum absolute atomic E-state index is 4.53. The maximum Gasteiger partial charge on any atom is 0.107 e. The van der Waals surface area contributed by atoms with Crippen LogP contribution in [0.15, 0.2) is 36.0 Å². The summed E-state index contributed by atoms with van der Waals surface area (Å²) < 4.78 is 0. The van der Waals surface area contributed by atoms with Crippen LogP contribution in [0.5, 0.6) is 0 Å². The minimum Gasteiger partial charge on any atom is -0.317 e. The van der Waals surface area contributed by atoms with Gasteiger partial charge < -0.3 is 5.32 Å². The fraction of sp³-hybridized carbons (Fsp3) is 0.474. The summed E-state index contributed by atoms with van der Waals surface area (Å²) in [6, 6.07) is 7.35. The Balaban J connectivity index is 1.39. The molecule has 1 saturated heterocycles. The Bertz CT molecular complexity index is 850. The van der Waals surface area contributed by atoms with Crippen molar-refractivity contribution in [3.8, 4) is 0 Å².